The topological polar surface area (TPSA) is 72.2 Å². The molecule has 1 aliphatic rings. The molecular weight excluding hydrogens is 296 g/mol. The summed E-state index contributed by atoms with van der Waals surface area (Å²) in [6.07, 6.45) is 1.83. The van der Waals surface area contributed by atoms with Crippen LogP contribution in [0.15, 0.2) is 24.3 Å². The van der Waals surface area contributed by atoms with E-state index in [9.17, 15) is 9.59 Å². The number of rotatable bonds is 3. The molecule has 1 unspecified atom stereocenters. The zero-order chi connectivity index (χ0) is 15.9. The first kappa shape index (κ1) is 14.8. The number of primary amides is 1. The second kappa shape index (κ2) is 5.57. The standard InChI is InChI=1S/C17H18N2O2S/c1-3-10-8-11-6-4-5-7-12(11)15-13(10)14(16(18)21)17(22-15)19-9(2)20/h4-7,10H,3,8H2,1-2H3,(H2,18,21)(H,19,20). The van der Waals surface area contributed by atoms with Crippen LogP contribution in [0.4, 0.5) is 5.00 Å². The Labute approximate surface area is 133 Å². The number of nitrogens with two attached hydrogens (primary N) is 1. The maximum atomic E-state index is 12.0. The summed E-state index contributed by atoms with van der Waals surface area (Å²) < 4.78 is 0. The van der Waals surface area contributed by atoms with Gasteiger partial charge >= 0.3 is 0 Å². The van der Waals surface area contributed by atoms with Crippen molar-refractivity contribution in [3.05, 3.63) is 41.0 Å². The fourth-order valence-corrected chi connectivity index (χ4v) is 4.56. The zero-order valence-electron chi connectivity index (χ0n) is 12.6. The van der Waals surface area contributed by atoms with Crippen molar-refractivity contribution in [2.45, 2.75) is 32.6 Å². The number of anilines is 1. The molecule has 1 heterocycles. The highest BCUT2D eigenvalue weighted by atomic mass is 32.1. The van der Waals surface area contributed by atoms with Gasteiger partial charge in [-0.05, 0) is 35.4 Å². The Bertz CT molecular complexity index is 764. The molecule has 114 valence electrons. The van der Waals surface area contributed by atoms with Gasteiger partial charge in [-0.25, -0.2) is 0 Å². The lowest BCUT2D eigenvalue weighted by Crippen LogP contribution is -2.19. The molecule has 0 radical (unpaired) electrons. The van der Waals surface area contributed by atoms with Crippen LogP contribution in [-0.4, -0.2) is 11.8 Å². The molecule has 0 fully saturated rings. The molecule has 2 aromatic rings. The van der Waals surface area contributed by atoms with Crippen LogP contribution in [0.3, 0.4) is 0 Å². The maximum Gasteiger partial charge on any atom is 0.252 e. The molecule has 3 rings (SSSR count). The van der Waals surface area contributed by atoms with Crippen molar-refractivity contribution in [3.63, 3.8) is 0 Å². The van der Waals surface area contributed by atoms with Gasteiger partial charge in [0.2, 0.25) is 5.91 Å². The molecule has 0 aliphatic heterocycles. The second-order valence-electron chi connectivity index (χ2n) is 5.56. The minimum absolute atomic E-state index is 0.192. The van der Waals surface area contributed by atoms with E-state index in [4.69, 9.17) is 5.73 Å². The molecule has 2 amide bonds. The number of carbonyl (C=O) groups excluding carboxylic acids is 2. The van der Waals surface area contributed by atoms with Crippen LogP contribution < -0.4 is 11.1 Å². The summed E-state index contributed by atoms with van der Waals surface area (Å²) in [4.78, 5) is 24.5. The van der Waals surface area contributed by atoms with Crippen LogP contribution in [0, 0.1) is 0 Å². The fraction of sp³-hybridized carbons (Fsp3) is 0.294. The average molecular weight is 314 g/mol. The van der Waals surface area contributed by atoms with E-state index in [0.29, 0.717) is 10.6 Å². The second-order valence-corrected chi connectivity index (χ2v) is 6.58. The van der Waals surface area contributed by atoms with Crippen molar-refractivity contribution in [2.24, 2.45) is 5.73 Å². The largest absolute Gasteiger partial charge is 0.365 e. The van der Waals surface area contributed by atoms with Gasteiger partial charge in [-0.2, -0.15) is 0 Å². The van der Waals surface area contributed by atoms with E-state index in [1.165, 1.54) is 23.8 Å². The van der Waals surface area contributed by atoms with E-state index >= 15 is 0 Å². The van der Waals surface area contributed by atoms with Gasteiger partial charge in [0.25, 0.3) is 5.91 Å². The van der Waals surface area contributed by atoms with Crippen molar-refractivity contribution in [1.82, 2.24) is 0 Å². The summed E-state index contributed by atoms with van der Waals surface area (Å²) in [5.41, 5.74) is 9.53. The Morgan fingerprint density at radius 3 is 2.73 bits per heavy atom. The third kappa shape index (κ3) is 2.31. The average Bonchev–Trinajstić information content (AvgIpc) is 2.84. The number of hydrogen-bond acceptors (Lipinski definition) is 3. The lowest BCUT2D eigenvalue weighted by Gasteiger charge is -2.25. The molecule has 22 heavy (non-hydrogen) atoms. The molecule has 1 atom stereocenters. The van der Waals surface area contributed by atoms with Crippen molar-refractivity contribution in [1.29, 1.82) is 0 Å². The quantitative estimate of drug-likeness (QED) is 0.909. The third-order valence-electron chi connectivity index (χ3n) is 4.11. The lowest BCUT2D eigenvalue weighted by atomic mass is 9.80. The molecule has 0 bridgehead atoms. The normalized spacial score (nSPS) is 15.8. The van der Waals surface area contributed by atoms with E-state index in [2.05, 4.69) is 24.4 Å². The fourth-order valence-electron chi connectivity index (χ4n) is 3.16. The van der Waals surface area contributed by atoms with E-state index in [1.807, 2.05) is 12.1 Å². The summed E-state index contributed by atoms with van der Waals surface area (Å²) in [6.45, 7) is 3.55. The monoisotopic (exact) mass is 314 g/mol. The van der Waals surface area contributed by atoms with Crippen LogP contribution >= 0.6 is 11.3 Å². The van der Waals surface area contributed by atoms with Crippen molar-refractivity contribution >= 4 is 28.2 Å². The molecule has 0 saturated carbocycles. The van der Waals surface area contributed by atoms with Gasteiger partial charge < -0.3 is 11.1 Å². The minimum Gasteiger partial charge on any atom is -0.365 e. The Morgan fingerprint density at radius 2 is 2.09 bits per heavy atom. The van der Waals surface area contributed by atoms with Gasteiger partial charge in [0.1, 0.15) is 5.00 Å². The van der Waals surface area contributed by atoms with E-state index < -0.39 is 5.91 Å². The van der Waals surface area contributed by atoms with Crippen LogP contribution in [0.25, 0.3) is 10.4 Å². The molecule has 5 heteroatoms. The van der Waals surface area contributed by atoms with Gasteiger partial charge in [0.15, 0.2) is 0 Å². The summed E-state index contributed by atoms with van der Waals surface area (Å²) in [5.74, 6) is -0.410. The highest BCUT2D eigenvalue weighted by molar-refractivity contribution is 7.20. The maximum absolute atomic E-state index is 12.0. The summed E-state index contributed by atoms with van der Waals surface area (Å²) in [5, 5.41) is 3.34. The number of amides is 2. The van der Waals surface area contributed by atoms with E-state index in [0.717, 1.165) is 28.8 Å². The van der Waals surface area contributed by atoms with Crippen LogP contribution in [0.1, 0.15) is 47.7 Å². The predicted molar refractivity (Wildman–Crippen MR) is 89.3 cm³/mol. The van der Waals surface area contributed by atoms with Gasteiger partial charge in [0.05, 0.1) is 5.56 Å². The molecule has 4 nitrogen and oxygen atoms in total. The Balaban J connectivity index is 2.27. The van der Waals surface area contributed by atoms with Crippen LogP contribution in [0.5, 0.6) is 0 Å². The first-order valence-corrected chi connectivity index (χ1v) is 8.16. The van der Waals surface area contributed by atoms with Gasteiger partial charge in [-0.15, -0.1) is 11.3 Å². The highest BCUT2D eigenvalue weighted by Gasteiger charge is 2.32. The van der Waals surface area contributed by atoms with E-state index in [-0.39, 0.29) is 11.8 Å². The van der Waals surface area contributed by atoms with Crippen LogP contribution in [0.2, 0.25) is 0 Å². The summed E-state index contributed by atoms with van der Waals surface area (Å²) >= 11 is 1.45. The Hall–Kier alpha value is -2.14. The van der Waals surface area contributed by atoms with Crippen molar-refractivity contribution in [2.75, 3.05) is 5.32 Å². The van der Waals surface area contributed by atoms with Gasteiger partial charge in [-0.3, -0.25) is 9.59 Å². The minimum atomic E-state index is -0.473. The molecule has 1 aromatic carbocycles. The molecule has 1 aromatic heterocycles. The first-order valence-electron chi connectivity index (χ1n) is 7.35. The zero-order valence-corrected chi connectivity index (χ0v) is 13.4. The van der Waals surface area contributed by atoms with Crippen molar-refractivity contribution < 1.29 is 9.59 Å². The molecular formula is C17H18N2O2S. The number of hydrogen-bond donors (Lipinski definition) is 2. The Kier molecular flexibility index (Phi) is 3.74. The van der Waals surface area contributed by atoms with Crippen molar-refractivity contribution in [3.8, 4) is 10.4 Å². The third-order valence-corrected chi connectivity index (χ3v) is 5.26. The smallest absolute Gasteiger partial charge is 0.252 e. The number of nitrogens with one attached hydrogen (secondary N) is 1. The number of fused-ring (bicyclic) bond motifs is 3. The molecule has 1 aliphatic carbocycles. The number of carbonyl (C=O) groups is 2. The summed E-state index contributed by atoms with van der Waals surface area (Å²) in [6, 6.07) is 8.23. The van der Waals surface area contributed by atoms with Gasteiger partial charge in [-0.1, -0.05) is 31.2 Å². The SMILES string of the molecule is CCC1Cc2ccccc2-c2sc(NC(C)=O)c(C(N)=O)c21. The predicted octanol–water partition coefficient (Wildman–Crippen LogP) is 3.52. The van der Waals surface area contributed by atoms with Crippen LogP contribution in [-0.2, 0) is 11.2 Å². The molecule has 0 spiro atoms. The summed E-state index contributed by atoms with van der Waals surface area (Å²) in [7, 11) is 0. The van der Waals surface area contributed by atoms with Gasteiger partial charge in [0, 0.05) is 11.8 Å². The van der Waals surface area contributed by atoms with E-state index in [1.54, 1.807) is 0 Å². The first-order chi connectivity index (χ1) is 10.5. The lowest BCUT2D eigenvalue weighted by molar-refractivity contribution is -0.114. The number of benzene rings is 1. The number of thiophene rings is 1. The highest BCUT2D eigenvalue weighted by Crippen LogP contribution is 2.50. The Morgan fingerprint density at radius 1 is 1.36 bits per heavy atom. The molecule has 3 N–H and O–H groups in total. The molecule has 0 saturated heterocycles.